The van der Waals surface area contributed by atoms with Gasteiger partial charge >= 0.3 is 5.97 Å². The molecule has 21 heavy (non-hydrogen) atoms. The number of nitrogens with two attached hydrogens (primary N) is 1. The number of anilines is 1. The highest BCUT2D eigenvalue weighted by Gasteiger charge is 2.11. The van der Waals surface area contributed by atoms with Gasteiger partial charge in [0.05, 0.1) is 18.8 Å². The summed E-state index contributed by atoms with van der Waals surface area (Å²) in [7, 11) is 0. The number of carbonyl (C=O) groups excluding carboxylic acids is 1. The summed E-state index contributed by atoms with van der Waals surface area (Å²) in [4.78, 5) is 11.7. The lowest BCUT2D eigenvalue weighted by atomic mass is 10.1. The van der Waals surface area contributed by atoms with Crippen LogP contribution in [0.3, 0.4) is 0 Å². The third kappa shape index (κ3) is 6.52. The highest BCUT2D eigenvalue weighted by atomic mass is 16.5. The molecule has 0 amide bonds. The van der Waals surface area contributed by atoms with Crippen molar-refractivity contribution in [3.8, 4) is 5.75 Å². The van der Waals surface area contributed by atoms with E-state index in [9.17, 15) is 4.79 Å². The first-order chi connectivity index (χ1) is 10.2. The van der Waals surface area contributed by atoms with Crippen LogP contribution in [0.4, 0.5) is 5.69 Å². The van der Waals surface area contributed by atoms with Crippen LogP contribution in [0.15, 0.2) is 18.2 Å². The second-order valence-electron chi connectivity index (χ2n) is 5.09. The van der Waals surface area contributed by atoms with Crippen molar-refractivity contribution in [2.24, 2.45) is 0 Å². The summed E-state index contributed by atoms with van der Waals surface area (Å²) in [6, 6.07) is 5.13. The van der Waals surface area contributed by atoms with Gasteiger partial charge in [-0.05, 0) is 31.5 Å². The molecular weight excluding hydrogens is 266 g/mol. The van der Waals surface area contributed by atoms with E-state index in [0.29, 0.717) is 30.2 Å². The second-order valence-corrected chi connectivity index (χ2v) is 5.09. The van der Waals surface area contributed by atoms with Crippen molar-refractivity contribution in [1.29, 1.82) is 0 Å². The molecule has 0 aliphatic rings. The molecule has 4 nitrogen and oxygen atoms in total. The molecule has 0 atom stereocenters. The Bertz CT molecular complexity index is 432. The summed E-state index contributed by atoms with van der Waals surface area (Å²) >= 11 is 0. The quantitative estimate of drug-likeness (QED) is 0.399. The summed E-state index contributed by atoms with van der Waals surface area (Å²) in [6.07, 6.45) is 7.33. The molecule has 1 aromatic rings. The third-order valence-electron chi connectivity index (χ3n) is 3.29. The molecule has 0 heterocycles. The molecule has 0 bridgehead atoms. The fraction of sp³-hybridized carbons (Fsp3) is 0.588. The van der Waals surface area contributed by atoms with Gasteiger partial charge in [-0.25, -0.2) is 4.79 Å². The lowest BCUT2D eigenvalue weighted by Crippen LogP contribution is -2.08. The Hall–Kier alpha value is -1.71. The van der Waals surface area contributed by atoms with E-state index < -0.39 is 5.97 Å². The zero-order valence-corrected chi connectivity index (χ0v) is 13.2. The topological polar surface area (TPSA) is 61.5 Å². The number of carbonyl (C=O) groups is 1. The van der Waals surface area contributed by atoms with E-state index in [-0.39, 0.29) is 0 Å². The average molecular weight is 293 g/mol. The van der Waals surface area contributed by atoms with Crippen LogP contribution >= 0.6 is 0 Å². The Morgan fingerprint density at radius 2 is 1.81 bits per heavy atom. The molecule has 0 radical (unpaired) electrons. The first-order valence-corrected chi connectivity index (χ1v) is 7.88. The summed E-state index contributed by atoms with van der Waals surface area (Å²) in [5.74, 6) is 0.265. The van der Waals surface area contributed by atoms with E-state index in [1.165, 1.54) is 32.1 Å². The number of nitrogen functional groups attached to an aromatic ring is 1. The number of hydrogen-bond donors (Lipinski definition) is 1. The third-order valence-corrected chi connectivity index (χ3v) is 3.29. The molecule has 0 spiro atoms. The van der Waals surface area contributed by atoms with Gasteiger partial charge in [0, 0.05) is 5.69 Å². The van der Waals surface area contributed by atoms with Gasteiger partial charge in [0.2, 0.25) is 0 Å². The maximum absolute atomic E-state index is 11.7. The van der Waals surface area contributed by atoms with Crippen molar-refractivity contribution in [1.82, 2.24) is 0 Å². The monoisotopic (exact) mass is 293 g/mol. The fourth-order valence-electron chi connectivity index (χ4n) is 2.08. The Labute approximate surface area is 127 Å². The van der Waals surface area contributed by atoms with Crippen LogP contribution in [0.2, 0.25) is 0 Å². The van der Waals surface area contributed by atoms with Crippen molar-refractivity contribution < 1.29 is 14.3 Å². The second kappa shape index (κ2) is 10.1. The zero-order chi connectivity index (χ0) is 15.5. The van der Waals surface area contributed by atoms with Crippen molar-refractivity contribution in [3.63, 3.8) is 0 Å². The van der Waals surface area contributed by atoms with Crippen LogP contribution in [0, 0.1) is 0 Å². The number of ether oxygens (including phenoxy) is 2. The lowest BCUT2D eigenvalue weighted by molar-refractivity contribution is 0.0527. The van der Waals surface area contributed by atoms with E-state index in [1.807, 2.05) is 0 Å². The number of benzene rings is 1. The van der Waals surface area contributed by atoms with E-state index >= 15 is 0 Å². The summed E-state index contributed by atoms with van der Waals surface area (Å²) < 4.78 is 10.6. The lowest BCUT2D eigenvalue weighted by Gasteiger charge is -2.10. The van der Waals surface area contributed by atoms with Crippen LogP contribution in [0.25, 0.3) is 0 Å². The van der Waals surface area contributed by atoms with Gasteiger partial charge in [0.1, 0.15) is 5.75 Å². The van der Waals surface area contributed by atoms with Crippen LogP contribution in [-0.2, 0) is 4.74 Å². The fourth-order valence-corrected chi connectivity index (χ4v) is 2.08. The van der Waals surface area contributed by atoms with E-state index in [4.69, 9.17) is 15.2 Å². The Kier molecular flexibility index (Phi) is 8.32. The molecule has 0 unspecified atom stereocenters. The molecule has 4 heteroatoms. The largest absolute Gasteiger partial charge is 0.494 e. The highest BCUT2D eigenvalue weighted by Crippen LogP contribution is 2.21. The van der Waals surface area contributed by atoms with Crippen molar-refractivity contribution in [2.45, 2.75) is 52.4 Å². The Balaban J connectivity index is 2.38. The van der Waals surface area contributed by atoms with Crippen molar-refractivity contribution in [3.05, 3.63) is 23.8 Å². The molecule has 0 saturated heterocycles. The molecule has 0 aromatic heterocycles. The molecule has 2 N–H and O–H groups in total. The zero-order valence-electron chi connectivity index (χ0n) is 13.2. The summed E-state index contributed by atoms with van der Waals surface area (Å²) in [5, 5.41) is 0. The summed E-state index contributed by atoms with van der Waals surface area (Å²) in [5.41, 5.74) is 6.58. The number of esters is 1. The van der Waals surface area contributed by atoms with E-state index in [0.717, 1.165) is 6.42 Å². The van der Waals surface area contributed by atoms with Crippen LogP contribution < -0.4 is 10.5 Å². The smallest absolute Gasteiger partial charge is 0.340 e. The Morgan fingerprint density at radius 3 is 2.52 bits per heavy atom. The maximum Gasteiger partial charge on any atom is 0.340 e. The number of hydrogen-bond acceptors (Lipinski definition) is 4. The van der Waals surface area contributed by atoms with Crippen LogP contribution in [0.5, 0.6) is 5.75 Å². The molecule has 1 rings (SSSR count). The minimum Gasteiger partial charge on any atom is -0.494 e. The molecule has 0 fully saturated rings. The average Bonchev–Trinajstić information content (AvgIpc) is 2.48. The molecule has 0 aliphatic heterocycles. The summed E-state index contributed by atoms with van der Waals surface area (Å²) in [6.45, 7) is 4.98. The van der Waals surface area contributed by atoms with Crippen LogP contribution in [-0.4, -0.2) is 19.2 Å². The molecule has 0 aliphatic carbocycles. The van der Waals surface area contributed by atoms with Crippen LogP contribution in [0.1, 0.15) is 62.7 Å². The Morgan fingerprint density at radius 1 is 1.10 bits per heavy atom. The standard InChI is InChI=1S/C17H27NO3/c1-3-5-6-7-8-9-12-21-14-10-11-16(18)15(13-14)17(19)20-4-2/h10-11,13H,3-9,12,18H2,1-2H3. The normalized spacial score (nSPS) is 10.4. The molecular formula is C17H27NO3. The number of unbranched alkanes of at least 4 members (excludes halogenated alkanes) is 5. The molecule has 118 valence electrons. The minimum atomic E-state index is -0.403. The molecule has 1 aromatic carbocycles. The highest BCUT2D eigenvalue weighted by molar-refractivity contribution is 5.95. The van der Waals surface area contributed by atoms with Gasteiger partial charge in [-0.2, -0.15) is 0 Å². The van der Waals surface area contributed by atoms with Gasteiger partial charge in [0.15, 0.2) is 0 Å². The number of rotatable bonds is 10. The van der Waals surface area contributed by atoms with Gasteiger partial charge < -0.3 is 15.2 Å². The van der Waals surface area contributed by atoms with E-state index in [2.05, 4.69) is 6.92 Å². The maximum atomic E-state index is 11.7. The van der Waals surface area contributed by atoms with Gasteiger partial charge in [-0.3, -0.25) is 0 Å². The van der Waals surface area contributed by atoms with Gasteiger partial charge in [0.25, 0.3) is 0 Å². The molecule has 0 saturated carbocycles. The predicted molar refractivity (Wildman–Crippen MR) is 85.7 cm³/mol. The minimum absolute atomic E-state index is 0.334. The van der Waals surface area contributed by atoms with Crippen molar-refractivity contribution in [2.75, 3.05) is 18.9 Å². The SMILES string of the molecule is CCCCCCCCOc1ccc(N)c(C(=O)OCC)c1. The van der Waals surface area contributed by atoms with Gasteiger partial charge in [-0.15, -0.1) is 0 Å². The van der Waals surface area contributed by atoms with Crippen molar-refractivity contribution >= 4 is 11.7 Å². The van der Waals surface area contributed by atoms with E-state index in [1.54, 1.807) is 25.1 Å². The van der Waals surface area contributed by atoms with Gasteiger partial charge in [-0.1, -0.05) is 39.0 Å². The first kappa shape index (κ1) is 17.3. The predicted octanol–water partition coefficient (Wildman–Crippen LogP) is 4.18. The first-order valence-electron chi connectivity index (χ1n) is 7.88.